The Morgan fingerprint density at radius 1 is 1.32 bits per heavy atom. The van der Waals surface area contributed by atoms with Gasteiger partial charge < -0.3 is 4.90 Å². The van der Waals surface area contributed by atoms with Gasteiger partial charge in [0, 0.05) is 17.7 Å². The van der Waals surface area contributed by atoms with Gasteiger partial charge in [0.15, 0.2) is 0 Å². The average Bonchev–Trinajstić information content (AvgIpc) is 2.95. The number of carbonyl (C=O) groups is 2. The second-order valence-corrected chi connectivity index (χ2v) is 7.67. The van der Waals surface area contributed by atoms with Crippen molar-refractivity contribution in [1.82, 2.24) is 15.2 Å². The highest BCUT2D eigenvalue weighted by molar-refractivity contribution is 7.99. The summed E-state index contributed by atoms with van der Waals surface area (Å²) in [5.41, 5.74) is 2.15. The van der Waals surface area contributed by atoms with Gasteiger partial charge in [-0.25, -0.2) is 8.42 Å². The summed E-state index contributed by atoms with van der Waals surface area (Å²) in [6.07, 6.45) is 0. The number of hydrogen-bond acceptors (Lipinski definition) is 5. The molecule has 0 aromatic heterocycles. The summed E-state index contributed by atoms with van der Waals surface area (Å²) in [5.74, 6) is 0.0364. The predicted octanol–water partition coefficient (Wildman–Crippen LogP) is 0.571. The predicted molar refractivity (Wildman–Crippen MR) is 83.5 cm³/mol. The van der Waals surface area contributed by atoms with Crippen LogP contribution in [-0.2, 0) is 19.6 Å². The Kier molecular flexibility index (Phi) is 5.32. The fourth-order valence-electron chi connectivity index (χ4n) is 1.84. The van der Waals surface area contributed by atoms with Gasteiger partial charge in [0.1, 0.15) is 6.04 Å². The van der Waals surface area contributed by atoms with Crippen LogP contribution in [0.15, 0.2) is 29.2 Å². The van der Waals surface area contributed by atoms with E-state index in [0.29, 0.717) is 16.7 Å². The zero-order valence-electron chi connectivity index (χ0n) is 11.6. The summed E-state index contributed by atoms with van der Waals surface area (Å²) in [7, 11) is -3.89. The third kappa shape index (κ3) is 3.92. The average molecular weight is 364 g/mol. The lowest BCUT2D eigenvalue weighted by molar-refractivity contribution is -0.136. The fourth-order valence-corrected chi connectivity index (χ4v) is 4.04. The molecule has 10 heteroatoms. The van der Waals surface area contributed by atoms with E-state index in [4.69, 9.17) is 11.6 Å². The maximum atomic E-state index is 12.0. The number of thioether (sulfide) groups is 1. The maximum Gasteiger partial charge on any atom is 0.258 e. The zero-order valence-corrected chi connectivity index (χ0v) is 14.0. The van der Waals surface area contributed by atoms with E-state index in [1.807, 2.05) is 4.83 Å². The minimum atomic E-state index is -3.89. The molecule has 2 N–H and O–H groups in total. The molecule has 2 amide bonds. The van der Waals surface area contributed by atoms with E-state index in [1.54, 1.807) is 0 Å². The van der Waals surface area contributed by atoms with Gasteiger partial charge in [-0.3, -0.25) is 15.0 Å². The quantitative estimate of drug-likeness (QED) is 0.762. The molecule has 1 aromatic carbocycles. The van der Waals surface area contributed by atoms with Crippen LogP contribution in [0.2, 0.25) is 5.02 Å². The van der Waals surface area contributed by atoms with Crippen molar-refractivity contribution in [2.75, 3.05) is 11.6 Å². The topological polar surface area (TPSA) is 95.6 Å². The second kappa shape index (κ2) is 6.86. The van der Waals surface area contributed by atoms with Crippen LogP contribution < -0.4 is 10.3 Å². The SMILES string of the molecule is CC(=O)N1CSC[C@@H]1C(=O)NNS(=O)(=O)c1ccc(Cl)cc1. The number of amides is 2. The van der Waals surface area contributed by atoms with Crippen molar-refractivity contribution in [3.8, 4) is 0 Å². The standard InChI is InChI=1S/C12H14ClN3O4S2/c1-8(17)16-7-21-6-11(16)12(18)14-15-22(19,20)10-4-2-9(13)3-5-10/h2-5,11,15H,6-7H2,1H3,(H,14,18)/t11-/m1/s1. The van der Waals surface area contributed by atoms with Crippen LogP contribution in [-0.4, -0.2) is 42.8 Å². The number of hydrazine groups is 1. The molecule has 0 unspecified atom stereocenters. The number of benzene rings is 1. The van der Waals surface area contributed by atoms with Gasteiger partial charge in [0.05, 0.1) is 10.8 Å². The van der Waals surface area contributed by atoms with Crippen molar-refractivity contribution in [2.45, 2.75) is 17.9 Å². The van der Waals surface area contributed by atoms with Crippen LogP contribution in [0, 0.1) is 0 Å². The first-order valence-corrected chi connectivity index (χ1v) is 9.25. The lowest BCUT2D eigenvalue weighted by Crippen LogP contribution is -2.52. The molecule has 1 aliphatic rings. The van der Waals surface area contributed by atoms with Crippen molar-refractivity contribution in [2.24, 2.45) is 0 Å². The Bertz CT molecular complexity index is 678. The molecule has 0 spiro atoms. The maximum absolute atomic E-state index is 12.0. The molecule has 0 aliphatic carbocycles. The molecule has 1 fully saturated rings. The molecule has 2 rings (SSSR count). The molecule has 22 heavy (non-hydrogen) atoms. The summed E-state index contributed by atoms with van der Waals surface area (Å²) in [6.45, 7) is 1.37. The molecule has 0 bridgehead atoms. The van der Waals surface area contributed by atoms with Crippen molar-refractivity contribution < 1.29 is 18.0 Å². The molecule has 1 heterocycles. The lowest BCUT2D eigenvalue weighted by atomic mass is 10.3. The van der Waals surface area contributed by atoms with E-state index in [9.17, 15) is 18.0 Å². The third-order valence-corrected chi connectivity index (χ3v) is 5.55. The van der Waals surface area contributed by atoms with E-state index in [1.165, 1.54) is 47.9 Å². The molecule has 7 nitrogen and oxygen atoms in total. The molecule has 1 aromatic rings. The normalized spacial score (nSPS) is 18.3. The van der Waals surface area contributed by atoms with Gasteiger partial charge in [-0.1, -0.05) is 11.6 Å². The Labute approximate surface area is 137 Å². The number of hydrogen-bond donors (Lipinski definition) is 2. The Balaban J connectivity index is 2.01. The first kappa shape index (κ1) is 17.1. The highest BCUT2D eigenvalue weighted by Gasteiger charge is 2.33. The van der Waals surface area contributed by atoms with Crippen LogP contribution >= 0.6 is 23.4 Å². The molecule has 120 valence electrons. The van der Waals surface area contributed by atoms with Crippen LogP contribution in [0.3, 0.4) is 0 Å². The number of nitrogens with one attached hydrogen (secondary N) is 2. The van der Waals surface area contributed by atoms with Crippen LogP contribution in [0.4, 0.5) is 0 Å². The van der Waals surface area contributed by atoms with E-state index in [-0.39, 0.29) is 10.8 Å². The van der Waals surface area contributed by atoms with Gasteiger partial charge >= 0.3 is 0 Å². The number of carbonyl (C=O) groups excluding carboxylic acids is 2. The summed E-state index contributed by atoms with van der Waals surface area (Å²) in [6, 6.07) is 4.83. The largest absolute Gasteiger partial charge is 0.321 e. The zero-order chi connectivity index (χ0) is 16.3. The first-order valence-electron chi connectivity index (χ1n) is 6.23. The van der Waals surface area contributed by atoms with E-state index < -0.39 is 22.0 Å². The van der Waals surface area contributed by atoms with Crippen molar-refractivity contribution in [1.29, 1.82) is 0 Å². The van der Waals surface area contributed by atoms with E-state index in [2.05, 4.69) is 5.43 Å². The number of halogens is 1. The van der Waals surface area contributed by atoms with Crippen LogP contribution in [0.1, 0.15) is 6.92 Å². The second-order valence-electron chi connectivity index (χ2n) is 4.55. The molecular weight excluding hydrogens is 350 g/mol. The highest BCUT2D eigenvalue weighted by Crippen LogP contribution is 2.20. The molecule has 1 atom stereocenters. The Hall–Kier alpha value is -1.29. The minimum absolute atomic E-state index is 0.0265. The Morgan fingerprint density at radius 2 is 1.95 bits per heavy atom. The van der Waals surface area contributed by atoms with Gasteiger partial charge in [-0.05, 0) is 24.3 Å². The van der Waals surface area contributed by atoms with Crippen LogP contribution in [0.25, 0.3) is 0 Å². The third-order valence-electron chi connectivity index (χ3n) is 3.02. The summed E-state index contributed by atoms with van der Waals surface area (Å²) in [4.78, 5) is 26.8. The lowest BCUT2D eigenvalue weighted by Gasteiger charge is -2.21. The smallest absolute Gasteiger partial charge is 0.258 e. The summed E-state index contributed by atoms with van der Waals surface area (Å²) >= 11 is 7.13. The number of sulfonamides is 1. The molecule has 0 radical (unpaired) electrons. The van der Waals surface area contributed by atoms with Gasteiger partial charge in [-0.2, -0.15) is 0 Å². The van der Waals surface area contributed by atoms with Crippen LogP contribution in [0.5, 0.6) is 0 Å². The van der Waals surface area contributed by atoms with Gasteiger partial charge in [0.25, 0.3) is 15.9 Å². The number of rotatable bonds is 4. The number of nitrogens with zero attached hydrogens (tertiary/aromatic N) is 1. The van der Waals surface area contributed by atoms with Crippen molar-refractivity contribution >= 4 is 45.2 Å². The van der Waals surface area contributed by atoms with Crippen molar-refractivity contribution in [3.63, 3.8) is 0 Å². The van der Waals surface area contributed by atoms with Gasteiger partial charge in [0.2, 0.25) is 5.91 Å². The molecular formula is C12H14ClN3O4S2. The first-order chi connectivity index (χ1) is 10.3. The van der Waals surface area contributed by atoms with Crippen molar-refractivity contribution in [3.05, 3.63) is 29.3 Å². The highest BCUT2D eigenvalue weighted by atomic mass is 35.5. The molecule has 1 saturated heterocycles. The van der Waals surface area contributed by atoms with Gasteiger partial charge in [-0.15, -0.1) is 16.6 Å². The summed E-state index contributed by atoms with van der Waals surface area (Å²) < 4.78 is 24.0. The van der Waals surface area contributed by atoms with E-state index in [0.717, 1.165) is 0 Å². The van der Waals surface area contributed by atoms with E-state index >= 15 is 0 Å². The molecule has 1 aliphatic heterocycles. The fraction of sp³-hybridized carbons (Fsp3) is 0.333. The monoisotopic (exact) mass is 363 g/mol. The minimum Gasteiger partial charge on any atom is -0.321 e. The summed E-state index contributed by atoms with van der Waals surface area (Å²) in [5, 5.41) is 0.406. The molecule has 0 saturated carbocycles. The Morgan fingerprint density at radius 3 is 2.55 bits per heavy atom.